The van der Waals surface area contributed by atoms with Gasteiger partial charge in [-0.05, 0) is 42.3 Å². The molecular weight excluding hydrogens is 256 g/mol. The van der Waals surface area contributed by atoms with Gasteiger partial charge >= 0.3 is 0 Å². The Morgan fingerprint density at radius 3 is 2.87 bits per heavy atom. The van der Waals surface area contributed by atoms with Crippen LogP contribution in [0.2, 0.25) is 0 Å². The lowest BCUT2D eigenvalue weighted by Crippen LogP contribution is -2.45. The van der Waals surface area contributed by atoms with Gasteiger partial charge in [-0.1, -0.05) is 0 Å². The molecule has 2 rings (SSSR count). The molecule has 0 saturated heterocycles. The molecule has 1 aliphatic rings. The molecule has 0 radical (unpaired) electrons. The van der Waals surface area contributed by atoms with E-state index in [9.17, 15) is 4.79 Å². The van der Waals surface area contributed by atoms with Crippen LogP contribution in [0.4, 0.5) is 5.82 Å². The number of Topliss-reactive ketones (excluding diaryl/α,β-unsaturated/α-hetero) is 1. The summed E-state index contributed by atoms with van der Waals surface area (Å²) >= 11 is 3.42. The molecule has 15 heavy (non-hydrogen) atoms. The summed E-state index contributed by atoms with van der Waals surface area (Å²) in [5.41, 5.74) is 1.60. The van der Waals surface area contributed by atoms with Gasteiger partial charge in [0.15, 0.2) is 5.78 Å². The van der Waals surface area contributed by atoms with Gasteiger partial charge in [0, 0.05) is 22.7 Å². The van der Waals surface area contributed by atoms with Gasteiger partial charge in [-0.2, -0.15) is 0 Å². The van der Waals surface area contributed by atoms with E-state index >= 15 is 0 Å². The second-order valence-electron chi connectivity index (χ2n) is 4.41. The van der Waals surface area contributed by atoms with Crippen molar-refractivity contribution in [2.24, 2.45) is 0 Å². The number of pyridine rings is 1. The highest BCUT2D eigenvalue weighted by Gasteiger charge is 2.34. The summed E-state index contributed by atoms with van der Waals surface area (Å²) in [6.45, 7) is 5.77. The molecule has 1 aromatic heterocycles. The molecule has 0 aliphatic carbocycles. The number of fused-ring (bicyclic) bond motifs is 1. The van der Waals surface area contributed by atoms with Crippen LogP contribution in [0, 0.1) is 6.92 Å². The monoisotopic (exact) mass is 268 g/mol. The minimum Gasteiger partial charge on any atom is -0.358 e. The molecule has 0 atom stereocenters. The number of hydrogen-bond acceptors (Lipinski definition) is 3. The smallest absolute Gasteiger partial charge is 0.162 e. The molecule has 0 fully saturated rings. The summed E-state index contributed by atoms with van der Waals surface area (Å²) in [7, 11) is 0. The van der Waals surface area contributed by atoms with E-state index in [0.717, 1.165) is 21.4 Å². The van der Waals surface area contributed by atoms with E-state index < -0.39 is 5.54 Å². The Hall–Kier alpha value is -0.900. The first-order chi connectivity index (χ1) is 6.92. The van der Waals surface area contributed by atoms with Crippen LogP contribution in [0.1, 0.15) is 25.0 Å². The van der Waals surface area contributed by atoms with E-state index in [1.807, 2.05) is 20.8 Å². The Morgan fingerprint density at radius 1 is 1.53 bits per heavy atom. The molecule has 4 heteroatoms. The van der Waals surface area contributed by atoms with Crippen LogP contribution < -0.4 is 5.32 Å². The SMILES string of the molecule is Cc1c(Br)cnc2c1CC(=O)C(C)(C)N2. The van der Waals surface area contributed by atoms with Crippen molar-refractivity contribution in [3.05, 3.63) is 21.8 Å². The van der Waals surface area contributed by atoms with Gasteiger partial charge in [-0.3, -0.25) is 4.79 Å². The van der Waals surface area contributed by atoms with Gasteiger partial charge < -0.3 is 5.32 Å². The van der Waals surface area contributed by atoms with Gasteiger partial charge in [0.1, 0.15) is 5.82 Å². The molecule has 80 valence electrons. The molecule has 0 unspecified atom stereocenters. The van der Waals surface area contributed by atoms with Crippen molar-refractivity contribution < 1.29 is 4.79 Å². The first kappa shape index (κ1) is 10.6. The van der Waals surface area contributed by atoms with Crippen molar-refractivity contribution in [2.75, 3.05) is 5.32 Å². The average molecular weight is 269 g/mol. The third-order valence-corrected chi connectivity index (χ3v) is 3.67. The number of halogens is 1. The van der Waals surface area contributed by atoms with E-state index in [2.05, 4.69) is 26.2 Å². The van der Waals surface area contributed by atoms with E-state index in [1.165, 1.54) is 0 Å². The highest BCUT2D eigenvalue weighted by molar-refractivity contribution is 9.10. The largest absolute Gasteiger partial charge is 0.358 e. The maximum absolute atomic E-state index is 11.8. The molecule has 0 spiro atoms. The lowest BCUT2D eigenvalue weighted by Gasteiger charge is -2.32. The molecule has 0 aromatic carbocycles. The first-order valence-corrected chi connectivity index (χ1v) is 5.66. The number of carbonyl (C=O) groups excluding carboxylic acids is 1. The zero-order valence-corrected chi connectivity index (χ0v) is 10.6. The fourth-order valence-electron chi connectivity index (χ4n) is 1.69. The fourth-order valence-corrected chi connectivity index (χ4v) is 2.03. The van der Waals surface area contributed by atoms with Crippen LogP contribution in [0.25, 0.3) is 0 Å². The summed E-state index contributed by atoms with van der Waals surface area (Å²) in [6.07, 6.45) is 2.24. The van der Waals surface area contributed by atoms with E-state index in [1.54, 1.807) is 6.20 Å². The maximum Gasteiger partial charge on any atom is 0.162 e. The topological polar surface area (TPSA) is 42.0 Å². The molecule has 0 amide bonds. The van der Waals surface area contributed by atoms with Crippen LogP contribution >= 0.6 is 15.9 Å². The molecule has 1 N–H and O–H groups in total. The molecule has 1 aliphatic heterocycles. The molecule has 1 aromatic rings. The van der Waals surface area contributed by atoms with Crippen molar-refractivity contribution in [3.63, 3.8) is 0 Å². The predicted octanol–water partition coefficient (Wildman–Crippen LogP) is 2.47. The number of aromatic nitrogens is 1. The third kappa shape index (κ3) is 1.67. The quantitative estimate of drug-likeness (QED) is 0.786. The molecular formula is C11H13BrN2O. The minimum atomic E-state index is -0.500. The summed E-state index contributed by atoms with van der Waals surface area (Å²) in [4.78, 5) is 16.1. The van der Waals surface area contributed by atoms with Crippen molar-refractivity contribution in [3.8, 4) is 0 Å². The Morgan fingerprint density at radius 2 is 2.20 bits per heavy atom. The number of hydrogen-bond donors (Lipinski definition) is 1. The van der Waals surface area contributed by atoms with Gasteiger partial charge in [-0.15, -0.1) is 0 Å². The van der Waals surface area contributed by atoms with Crippen LogP contribution in [-0.4, -0.2) is 16.3 Å². The number of nitrogens with zero attached hydrogens (tertiary/aromatic N) is 1. The third-order valence-electron chi connectivity index (χ3n) is 2.87. The zero-order chi connectivity index (χ0) is 11.2. The minimum absolute atomic E-state index is 0.206. The lowest BCUT2D eigenvalue weighted by molar-refractivity contribution is -0.122. The van der Waals surface area contributed by atoms with Crippen LogP contribution in [0.3, 0.4) is 0 Å². The van der Waals surface area contributed by atoms with Gasteiger partial charge in [0.2, 0.25) is 0 Å². The second kappa shape index (κ2) is 3.30. The lowest BCUT2D eigenvalue weighted by atomic mass is 9.88. The van der Waals surface area contributed by atoms with Crippen molar-refractivity contribution >= 4 is 27.5 Å². The molecule has 0 bridgehead atoms. The van der Waals surface area contributed by atoms with Gasteiger partial charge in [-0.25, -0.2) is 4.98 Å². The number of ketones is 1. The second-order valence-corrected chi connectivity index (χ2v) is 5.26. The van der Waals surface area contributed by atoms with Crippen molar-refractivity contribution in [1.82, 2.24) is 4.98 Å². The van der Waals surface area contributed by atoms with E-state index in [-0.39, 0.29) is 5.78 Å². The van der Waals surface area contributed by atoms with Crippen molar-refractivity contribution in [1.29, 1.82) is 0 Å². The Bertz CT molecular complexity index is 440. The van der Waals surface area contributed by atoms with Gasteiger partial charge in [0.05, 0.1) is 5.54 Å². The normalized spacial score (nSPS) is 18.3. The number of carbonyl (C=O) groups is 1. The average Bonchev–Trinajstić information content (AvgIpc) is 2.15. The number of nitrogens with one attached hydrogen (secondary N) is 1. The Balaban J connectivity index is 2.55. The standard InChI is InChI=1S/C11H13BrN2O/c1-6-7-4-9(15)11(2,3)14-10(7)13-5-8(6)12/h5H,4H2,1-3H3,(H,13,14). The van der Waals surface area contributed by atoms with Crippen molar-refractivity contribution in [2.45, 2.75) is 32.7 Å². The Kier molecular flexibility index (Phi) is 2.34. The molecule has 2 heterocycles. The molecule has 3 nitrogen and oxygen atoms in total. The van der Waals surface area contributed by atoms with Crippen LogP contribution in [0.5, 0.6) is 0 Å². The maximum atomic E-state index is 11.8. The summed E-state index contributed by atoms with van der Waals surface area (Å²) in [5.74, 6) is 1.04. The van der Waals surface area contributed by atoms with Crippen LogP contribution in [-0.2, 0) is 11.2 Å². The highest BCUT2D eigenvalue weighted by atomic mass is 79.9. The van der Waals surface area contributed by atoms with E-state index in [0.29, 0.717) is 6.42 Å². The number of rotatable bonds is 0. The van der Waals surface area contributed by atoms with E-state index in [4.69, 9.17) is 0 Å². The first-order valence-electron chi connectivity index (χ1n) is 4.87. The predicted molar refractivity (Wildman–Crippen MR) is 63.1 cm³/mol. The van der Waals surface area contributed by atoms with Crippen LogP contribution in [0.15, 0.2) is 10.7 Å². The summed E-state index contributed by atoms with van der Waals surface area (Å²) in [6, 6.07) is 0. The zero-order valence-electron chi connectivity index (χ0n) is 9.02. The Labute approximate surface area is 97.4 Å². The highest BCUT2D eigenvalue weighted by Crippen LogP contribution is 2.31. The molecule has 0 saturated carbocycles. The van der Waals surface area contributed by atoms with Gasteiger partial charge in [0.25, 0.3) is 0 Å². The summed E-state index contributed by atoms with van der Waals surface area (Å²) in [5, 5.41) is 3.17. The summed E-state index contributed by atoms with van der Waals surface area (Å²) < 4.78 is 0.954. The number of anilines is 1. The fraction of sp³-hybridized carbons (Fsp3) is 0.455.